The first-order chi connectivity index (χ1) is 8.93. The highest BCUT2D eigenvalue weighted by Crippen LogP contribution is 2.25. The Bertz CT molecular complexity index is 476. The lowest BCUT2D eigenvalue weighted by Gasteiger charge is -2.12. The number of amides is 1. The van der Waals surface area contributed by atoms with Gasteiger partial charge in [0.15, 0.2) is 6.61 Å². The molecule has 1 atom stereocenters. The molecule has 1 rings (SSSR count). The Labute approximate surface area is 120 Å². The third-order valence-corrected chi connectivity index (χ3v) is 3.00. The van der Waals surface area contributed by atoms with E-state index in [0.717, 1.165) is 10.0 Å². The highest BCUT2D eigenvalue weighted by molar-refractivity contribution is 9.10. The van der Waals surface area contributed by atoms with Crippen LogP contribution < -0.4 is 10.1 Å². The molecule has 1 aromatic carbocycles. The van der Waals surface area contributed by atoms with E-state index in [9.17, 15) is 9.59 Å². The molecule has 0 aliphatic carbocycles. The van der Waals surface area contributed by atoms with Crippen LogP contribution in [-0.2, 0) is 14.3 Å². The molecule has 1 amide bonds. The number of esters is 1. The summed E-state index contributed by atoms with van der Waals surface area (Å²) in [4.78, 5) is 22.7. The quantitative estimate of drug-likeness (QED) is 0.837. The number of nitrogens with one attached hydrogen (secondary N) is 1. The van der Waals surface area contributed by atoms with Crippen LogP contribution in [0.4, 0.5) is 0 Å². The van der Waals surface area contributed by atoms with Crippen molar-refractivity contribution >= 4 is 27.8 Å². The molecule has 19 heavy (non-hydrogen) atoms. The van der Waals surface area contributed by atoms with Crippen LogP contribution in [0.1, 0.15) is 12.5 Å². The average Bonchev–Trinajstić information content (AvgIpc) is 2.36. The zero-order valence-corrected chi connectivity index (χ0v) is 12.6. The normalized spacial score (nSPS) is 11.6. The van der Waals surface area contributed by atoms with Crippen molar-refractivity contribution in [1.29, 1.82) is 0 Å². The van der Waals surface area contributed by atoms with Crippen molar-refractivity contribution in [3.05, 3.63) is 28.2 Å². The SMILES string of the molecule is COC(=O)C(C)NC(=O)COc1ccc(C)cc1Br. The fourth-order valence-corrected chi connectivity index (χ4v) is 1.99. The van der Waals surface area contributed by atoms with Crippen LogP contribution in [0.25, 0.3) is 0 Å². The topological polar surface area (TPSA) is 64.6 Å². The van der Waals surface area contributed by atoms with Gasteiger partial charge in [0.2, 0.25) is 0 Å². The molecule has 0 aliphatic rings. The number of benzene rings is 1. The van der Waals surface area contributed by atoms with E-state index in [2.05, 4.69) is 26.0 Å². The van der Waals surface area contributed by atoms with E-state index in [0.29, 0.717) is 5.75 Å². The zero-order valence-electron chi connectivity index (χ0n) is 11.0. The maximum absolute atomic E-state index is 11.6. The minimum Gasteiger partial charge on any atom is -0.483 e. The van der Waals surface area contributed by atoms with E-state index in [1.807, 2.05) is 19.1 Å². The van der Waals surface area contributed by atoms with Crippen molar-refractivity contribution in [3.8, 4) is 5.75 Å². The van der Waals surface area contributed by atoms with Crippen LogP contribution in [0.3, 0.4) is 0 Å². The third-order valence-electron chi connectivity index (χ3n) is 2.38. The summed E-state index contributed by atoms with van der Waals surface area (Å²) in [6.07, 6.45) is 0. The maximum Gasteiger partial charge on any atom is 0.328 e. The second-order valence-corrected chi connectivity index (χ2v) is 4.89. The summed E-state index contributed by atoms with van der Waals surface area (Å²) >= 11 is 3.35. The standard InChI is InChI=1S/C13H16BrNO4/c1-8-4-5-11(10(14)6-8)19-7-12(16)15-9(2)13(17)18-3/h4-6,9H,7H2,1-3H3,(H,15,16). The summed E-state index contributed by atoms with van der Waals surface area (Å²) < 4.78 is 10.6. The Hall–Kier alpha value is -1.56. The van der Waals surface area contributed by atoms with Gasteiger partial charge >= 0.3 is 5.97 Å². The van der Waals surface area contributed by atoms with Crippen molar-refractivity contribution in [2.45, 2.75) is 19.9 Å². The van der Waals surface area contributed by atoms with Crippen molar-refractivity contribution in [2.75, 3.05) is 13.7 Å². The zero-order chi connectivity index (χ0) is 14.4. The molecule has 1 N–H and O–H groups in total. The Morgan fingerprint density at radius 2 is 2.11 bits per heavy atom. The number of rotatable bonds is 5. The maximum atomic E-state index is 11.6. The molecular formula is C13H16BrNO4. The Morgan fingerprint density at radius 1 is 1.42 bits per heavy atom. The van der Waals surface area contributed by atoms with Gasteiger partial charge in [0.05, 0.1) is 11.6 Å². The molecular weight excluding hydrogens is 314 g/mol. The van der Waals surface area contributed by atoms with E-state index in [4.69, 9.17) is 4.74 Å². The number of methoxy groups -OCH3 is 1. The largest absolute Gasteiger partial charge is 0.483 e. The lowest BCUT2D eigenvalue weighted by Crippen LogP contribution is -2.41. The van der Waals surface area contributed by atoms with E-state index in [-0.39, 0.29) is 12.5 Å². The first-order valence-corrected chi connectivity index (χ1v) is 6.49. The number of ether oxygens (including phenoxy) is 2. The highest BCUT2D eigenvalue weighted by atomic mass is 79.9. The monoisotopic (exact) mass is 329 g/mol. The van der Waals surface area contributed by atoms with Crippen LogP contribution in [0, 0.1) is 6.92 Å². The van der Waals surface area contributed by atoms with Crippen LogP contribution >= 0.6 is 15.9 Å². The van der Waals surface area contributed by atoms with Gasteiger partial charge in [0.1, 0.15) is 11.8 Å². The molecule has 0 aromatic heterocycles. The van der Waals surface area contributed by atoms with E-state index in [1.165, 1.54) is 7.11 Å². The summed E-state index contributed by atoms with van der Waals surface area (Å²) in [5.41, 5.74) is 1.09. The predicted octanol–water partition coefficient (Wildman–Crippen LogP) is 1.81. The number of hydrogen-bond donors (Lipinski definition) is 1. The lowest BCUT2D eigenvalue weighted by atomic mass is 10.2. The molecule has 5 nitrogen and oxygen atoms in total. The van der Waals surface area contributed by atoms with Crippen LogP contribution in [-0.4, -0.2) is 31.6 Å². The Kier molecular flexibility index (Phi) is 5.82. The fraction of sp³-hybridized carbons (Fsp3) is 0.385. The van der Waals surface area contributed by atoms with E-state index in [1.54, 1.807) is 13.0 Å². The van der Waals surface area contributed by atoms with Crippen LogP contribution in [0.2, 0.25) is 0 Å². The number of carbonyl (C=O) groups is 2. The van der Waals surface area contributed by atoms with Gasteiger partial charge in [-0.15, -0.1) is 0 Å². The first kappa shape index (κ1) is 15.5. The number of halogens is 1. The van der Waals surface area contributed by atoms with Gasteiger partial charge in [-0.05, 0) is 47.5 Å². The first-order valence-electron chi connectivity index (χ1n) is 5.70. The van der Waals surface area contributed by atoms with Gasteiger partial charge < -0.3 is 14.8 Å². The van der Waals surface area contributed by atoms with Crippen molar-refractivity contribution in [2.24, 2.45) is 0 Å². The molecule has 104 valence electrons. The van der Waals surface area contributed by atoms with Crippen LogP contribution in [0.5, 0.6) is 5.75 Å². The van der Waals surface area contributed by atoms with Gasteiger partial charge in [0, 0.05) is 0 Å². The van der Waals surface area contributed by atoms with E-state index < -0.39 is 12.0 Å². The summed E-state index contributed by atoms with van der Waals surface area (Å²) in [7, 11) is 1.27. The van der Waals surface area contributed by atoms with Crippen molar-refractivity contribution in [3.63, 3.8) is 0 Å². The fourth-order valence-electron chi connectivity index (χ4n) is 1.39. The molecule has 1 unspecified atom stereocenters. The number of hydrogen-bond acceptors (Lipinski definition) is 4. The highest BCUT2D eigenvalue weighted by Gasteiger charge is 2.16. The van der Waals surface area contributed by atoms with Gasteiger partial charge in [-0.25, -0.2) is 4.79 Å². The minimum absolute atomic E-state index is 0.164. The third kappa shape index (κ3) is 4.90. The number of aryl methyl sites for hydroxylation is 1. The van der Waals surface area contributed by atoms with Crippen molar-refractivity contribution in [1.82, 2.24) is 5.32 Å². The molecule has 0 spiro atoms. The smallest absolute Gasteiger partial charge is 0.328 e. The molecule has 6 heteroatoms. The average molecular weight is 330 g/mol. The number of carbonyl (C=O) groups excluding carboxylic acids is 2. The second-order valence-electron chi connectivity index (χ2n) is 4.03. The summed E-state index contributed by atoms with van der Waals surface area (Å²) in [5, 5.41) is 2.48. The molecule has 0 saturated heterocycles. The van der Waals surface area contributed by atoms with Gasteiger partial charge in [-0.3, -0.25) is 4.79 Å². The second kappa shape index (κ2) is 7.13. The molecule has 0 fully saturated rings. The molecule has 0 bridgehead atoms. The molecule has 0 saturated carbocycles. The molecule has 0 aliphatic heterocycles. The molecule has 1 aromatic rings. The summed E-state index contributed by atoms with van der Waals surface area (Å²) in [5.74, 6) is -0.304. The van der Waals surface area contributed by atoms with E-state index >= 15 is 0 Å². The lowest BCUT2D eigenvalue weighted by molar-refractivity contribution is -0.144. The van der Waals surface area contributed by atoms with Gasteiger partial charge in [-0.2, -0.15) is 0 Å². The van der Waals surface area contributed by atoms with Gasteiger partial charge in [0.25, 0.3) is 5.91 Å². The summed E-state index contributed by atoms with van der Waals surface area (Å²) in [6, 6.07) is 4.86. The van der Waals surface area contributed by atoms with Gasteiger partial charge in [-0.1, -0.05) is 6.07 Å². The predicted molar refractivity (Wildman–Crippen MR) is 74.0 cm³/mol. The molecule has 0 heterocycles. The minimum atomic E-state index is -0.692. The molecule has 0 radical (unpaired) electrons. The van der Waals surface area contributed by atoms with Crippen LogP contribution in [0.15, 0.2) is 22.7 Å². The van der Waals surface area contributed by atoms with Crippen molar-refractivity contribution < 1.29 is 19.1 Å². The Morgan fingerprint density at radius 3 is 2.68 bits per heavy atom. The Balaban J connectivity index is 2.48. The summed E-state index contributed by atoms with van der Waals surface area (Å²) in [6.45, 7) is 3.34.